The molecule has 33 heavy (non-hydrogen) atoms. The summed E-state index contributed by atoms with van der Waals surface area (Å²) in [7, 11) is 0. The molecule has 1 atom stereocenters. The summed E-state index contributed by atoms with van der Waals surface area (Å²) in [5.41, 5.74) is 1.66. The fourth-order valence-corrected chi connectivity index (χ4v) is 4.26. The first-order chi connectivity index (χ1) is 16.0. The number of amides is 1. The molecular weight excluding hydrogens is 438 g/mol. The number of nitrogens with one attached hydrogen (secondary N) is 2. The van der Waals surface area contributed by atoms with E-state index in [1.54, 1.807) is 10.6 Å². The number of carbonyl (C=O) groups excluding carboxylic acids is 1. The van der Waals surface area contributed by atoms with Crippen LogP contribution in [0.1, 0.15) is 50.6 Å². The number of H-pyrrole nitrogens is 1. The zero-order valence-electron chi connectivity index (χ0n) is 18.8. The minimum absolute atomic E-state index is 0.00905. The molecule has 0 bridgehead atoms. The van der Waals surface area contributed by atoms with Crippen molar-refractivity contribution < 1.29 is 14.3 Å². The average molecular weight is 468 g/mol. The Morgan fingerprint density at radius 2 is 1.91 bits per heavy atom. The van der Waals surface area contributed by atoms with Crippen LogP contribution in [0.15, 0.2) is 47.3 Å². The summed E-state index contributed by atoms with van der Waals surface area (Å²) in [5.74, 6) is 1.49. The van der Waals surface area contributed by atoms with Crippen molar-refractivity contribution in [3.8, 4) is 11.5 Å². The first-order valence-corrected chi connectivity index (χ1v) is 11.8. The minimum atomic E-state index is -0.121. The van der Waals surface area contributed by atoms with Gasteiger partial charge in [0.25, 0.3) is 5.56 Å². The quantitative estimate of drug-likeness (QED) is 0.372. The molecular formula is C25H29N3O4S. The molecule has 1 aliphatic heterocycles. The highest BCUT2D eigenvalue weighted by Gasteiger charge is 2.15. The molecule has 0 spiro atoms. The van der Waals surface area contributed by atoms with E-state index in [9.17, 15) is 9.59 Å². The third kappa shape index (κ3) is 5.63. The maximum absolute atomic E-state index is 12.7. The van der Waals surface area contributed by atoms with E-state index >= 15 is 0 Å². The van der Waals surface area contributed by atoms with Gasteiger partial charge < -0.3 is 19.8 Å². The van der Waals surface area contributed by atoms with Crippen LogP contribution in [0.2, 0.25) is 0 Å². The average Bonchev–Trinajstić information content (AvgIpc) is 3.05. The largest absolute Gasteiger partial charge is 0.490 e. The van der Waals surface area contributed by atoms with Gasteiger partial charge in [-0.05, 0) is 61.8 Å². The number of aromatic nitrogens is 2. The normalized spacial score (nSPS) is 14.0. The fraction of sp³-hybridized carbons (Fsp3) is 0.400. The molecule has 1 amide bonds. The highest BCUT2D eigenvalue weighted by atomic mass is 32.1. The van der Waals surface area contributed by atoms with Crippen LogP contribution < -0.4 is 20.3 Å². The molecule has 0 saturated carbocycles. The number of aromatic amines is 1. The Labute approximate surface area is 197 Å². The number of ether oxygens (including phenoxy) is 2. The van der Waals surface area contributed by atoms with Crippen LogP contribution in [0, 0.1) is 4.77 Å². The van der Waals surface area contributed by atoms with Crippen LogP contribution in [-0.2, 0) is 11.3 Å². The van der Waals surface area contributed by atoms with Crippen LogP contribution >= 0.6 is 12.2 Å². The van der Waals surface area contributed by atoms with Gasteiger partial charge in [-0.1, -0.05) is 24.6 Å². The predicted molar refractivity (Wildman–Crippen MR) is 130 cm³/mol. The van der Waals surface area contributed by atoms with E-state index in [4.69, 9.17) is 21.7 Å². The van der Waals surface area contributed by atoms with E-state index in [1.165, 1.54) is 0 Å². The molecule has 2 aromatic carbocycles. The van der Waals surface area contributed by atoms with Crippen molar-refractivity contribution in [1.29, 1.82) is 0 Å². The predicted octanol–water partition coefficient (Wildman–Crippen LogP) is 4.66. The van der Waals surface area contributed by atoms with Crippen LogP contribution in [0.3, 0.4) is 0 Å². The van der Waals surface area contributed by atoms with Gasteiger partial charge in [-0.25, -0.2) is 0 Å². The molecule has 174 valence electrons. The topological polar surface area (TPSA) is 85.4 Å². The summed E-state index contributed by atoms with van der Waals surface area (Å²) in [4.78, 5) is 28.2. The molecule has 0 fully saturated rings. The van der Waals surface area contributed by atoms with Crippen molar-refractivity contribution in [2.45, 2.75) is 51.6 Å². The number of hydrogen-bond acceptors (Lipinski definition) is 5. The summed E-state index contributed by atoms with van der Waals surface area (Å²) < 4.78 is 13.4. The molecule has 7 nitrogen and oxygen atoms in total. The summed E-state index contributed by atoms with van der Waals surface area (Å²) in [5, 5.41) is 3.69. The minimum Gasteiger partial charge on any atom is -0.490 e. The fourth-order valence-electron chi connectivity index (χ4n) is 3.98. The number of nitrogens with zero attached hydrogens (tertiary/aromatic N) is 1. The van der Waals surface area contributed by atoms with Crippen molar-refractivity contribution in [3.63, 3.8) is 0 Å². The standard InChI is InChI=1S/C25H29N3O4S/c1-17(18-11-12-21-22(16-18)32-15-7-14-31-21)26-23(29)10-3-2-6-13-28-24(30)19-8-4-5-9-20(19)27-25(28)33/h4-5,8-9,11-12,16-17H,2-3,6-7,10,13-15H2,1H3,(H,26,29)(H,27,33). The lowest BCUT2D eigenvalue weighted by atomic mass is 10.1. The third-order valence-electron chi connectivity index (χ3n) is 5.82. The molecule has 1 aliphatic rings. The Morgan fingerprint density at radius 1 is 1.12 bits per heavy atom. The Balaban J connectivity index is 1.24. The molecule has 2 N–H and O–H groups in total. The van der Waals surface area contributed by atoms with E-state index in [0.717, 1.165) is 48.3 Å². The molecule has 3 aromatic rings. The van der Waals surface area contributed by atoms with Crippen LogP contribution in [-0.4, -0.2) is 28.7 Å². The number of carbonyl (C=O) groups is 1. The smallest absolute Gasteiger partial charge is 0.262 e. The monoisotopic (exact) mass is 467 g/mol. The van der Waals surface area contributed by atoms with E-state index in [-0.39, 0.29) is 17.5 Å². The van der Waals surface area contributed by atoms with Crippen molar-refractivity contribution in [3.05, 3.63) is 63.2 Å². The number of hydrogen-bond donors (Lipinski definition) is 2. The number of fused-ring (bicyclic) bond motifs is 2. The van der Waals surface area contributed by atoms with Crippen LogP contribution in [0.4, 0.5) is 0 Å². The van der Waals surface area contributed by atoms with Gasteiger partial charge in [-0.3, -0.25) is 14.2 Å². The molecule has 8 heteroatoms. The number of rotatable bonds is 8. The van der Waals surface area contributed by atoms with Crippen molar-refractivity contribution in [1.82, 2.24) is 14.9 Å². The highest BCUT2D eigenvalue weighted by Crippen LogP contribution is 2.32. The Bertz CT molecular complexity index is 1250. The van der Waals surface area contributed by atoms with Gasteiger partial charge in [-0.2, -0.15) is 0 Å². The van der Waals surface area contributed by atoms with Crippen LogP contribution in [0.25, 0.3) is 10.9 Å². The number of benzene rings is 2. The first-order valence-electron chi connectivity index (χ1n) is 11.4. The zero-order chi connectivity index (χ0) is 23.2. The number of para-hydroxylation sites is 1. The molecule has 0 saturated heterocycles. The molecule has 0 radical (unpaired) electrons. The zero-order valence-corrected chi connectivity index (χ0v) is 19.6. The molecule has 0 aliphatic carbocycles. The second-order valence-electron chi connectivity index (χ2n) is 8.29. The lowest BCUT2D eigenvalue weighted by Crippen LogP contribution is -2.26. The third-order valence-corrected chi connectivity index (χ3v) is 6.15. The highest BCUT2D eigenvalue weighted by molar-refractivity contribution is 7.71. The SMILES string of the molecule is CC(NC(=O)CCCCCn1c(=S)[nH]c2ccccc2c1=O)c1ccc2c(c1)OCCCO2. The van der Waals surface area contributed by atoms with Gasteiger partial charge in [0.2, 0.25) is 5.91 Å². The van der Waals surface area contributed by atoms with Crippen molar-refractivity contribution in [2.24, 2.45) is 0 Å². The van der Waals surface area contributed by atoms with Crippen molar-refractivity contribution in [2.75, 3.05) is 13.2 Å². The van der Waals surface area contributed by atoms with E-state index in [1.807, 2.05) is 43.3 Å². The van der Waals surface area contributed by atoms with Gasteiger partial charge in [0, 0.05) is 19.4 Å². The number of unbranched alkanes of at least 4 members (excludes halogenated alkanes) is 2. The van der Waals surface area contributed by atoms with Crippen LogP contribution in [0.5, 0.6) is 11.5 Å². The maximum atomic E-state index is 12.7. The lowest BCUT2D eigenvalue weighted by Gasteiger charge is -2.16. The van der Waals surface area contributed by atoms with E-state index in [0.29, 0.717) is 36.3 Å². The summed E-state index contributed by atoms with van der Waals surface area (Å²) in [6, 6.07) is 13.0. The van der Waals surface area contributed by atoms with Gasteiger partial charge in [0.05, 0.1) is 30.2 Å². The van der Waals surface area contributed by atoms with E-state index < -0.39 is 0 Å². The van der Waals surface area contributed by atoms with Crippen molar-refractivity contribution >= 4 is 29.0 Å². The van der Waals surface area contributed by atoms with Gasteiger partial charge in [0.1, 0.15) is 0 Å². The van der Waals surface area contributed by atoms with Gasteiger partial charge >= 0.3 is 0 Å². The van der Waals surface area contributed by atoms with E-state index in [2.05, 4.69) is 10.3 Å². The summed E-state index contributed by atoms with van der Waals surface area (Å²) in [6.45, 7) is 3.78. The molecule has 1 aromatic heterocycles. The maximum Gasteiger partial charge on any atom is 0.262 e. The van der Waals surface area contributed by atoms with Gasteiger partial charge in [-0.15, -0.1) is 0 Å². The Kier molecular flexibility index (Phi) is 7.44. The molecule has 4 rings (SSSR count). The van der Waals surface area contributed by atoms with Gasteiger partial charge in [0.15, 0.2) is 16.3 Å². The summed E-state index contributed by atoms with van der Waals surface area (Å²) >= 11 is 5.35. The lowest BCUT2D eigenvalue weighted by molar-refractivity contribution is -0.121. The second-order valence-corrected chi connectivity index (χ2v) is 8.68. The second kappa shape index (κ2) is 10.7. The summed E-state index contributed by atoms with van der Waals surface area (Å²) in [6.07, 6.45) is 3.66. The Morgan fingerprint density at radius 3 is 2.76 bits per heavy atom. The molecule has 1 unspecified atom stereocenters. The first kappa shape index (κ1) is 23.0. The Hall–Kier alpha value is -3.13. The molecule has 2 heterocycles.